The van der Waals surface area contributed by atoms with Crippen LogP contribution in [0.5, 0.6) is 0 Å². The molecule has 3 N–H and O–H groups in total. The van der Waals surface area contributed by atoms with Crippen molar-refractivity contribution in [3.8, 4) is 0 Å². The predicted molar refractivity (Wildman–Crippen MR) is 70.7 cm³/mol. The molecule has 2 heterocycles. The molecule has 0 radical (unpaired) electrons. The van der Waals surface area contributed by atoms with Crippen LogP contribution in [0.2, 0.25) is 0 Å². The number of benzene rings is 1. The summed E-state index contributed by atoms with van der Waals surface area (Å²) >= 11 is 0. The second kappa shape index (κ2) is 4.67. The van der Waals surface area contributed by atoms with Gasteiger partial charge in [0.15, 0.2) is 0 Å². The van der Waals surface area contributed by atoms with Gasteiger partial charge in [0.2, 0.25) is 0 Å². The summed E-state index contributed by atoms with van der Waals surface area (Å²) in [5.41, 5.74) is 8.03. The predicted octanol–water partition coefficient (Wildman–Crippen LogP) is 1.60. The van der Waals surface area contributed by atoms with Gasteiger partial charge in [-0.3, -0.25) is 4.90 Å². The fourth-order valence-corrected chi connectivity index (χ4v) is 3.11. The maximum absolute atomic E-state index is 5.82. The van der Waals surface area contributed by atoms with Crippen molar-refractivity contribution in [1.29, 1.82) is 0 Å². The minimum absolute atomic E-state index is 0.712. The first-order chi connectivity index (χ1) is 8.29. The molecule has 17 heavy (non-hydrogen) atoms. The van der Waals surface area contributed by atoms with Gasteiger partial charge >= 0.3 is 0 Å². The van der Waals surface area contributed by atoms with Crippen LogP contribution in [0.15, 0.2) is 24.3 Å². The molecular weight excluding hydrogens is 210 g/mol. The molecule has 3 heteroatoms. The van der Waals surface area contributed by atoms with Gasteiger partial charge < -0.3 is 11.1 Å². The van der Waals surface area contributed by atoms with Gasteiger partial charge in [-0.15, -0.1) is 0 Å². The van der Waals surface area contributed by atoms with Crippen molar-refractivity contribution in [1.82, 2.24) is 10.2 Å². The number of fused-ring (bicyclic) bond motifs is 2. The summed E-state index contributed by atoms with van der Waals surface area (Å²) in [5.74, 6) is 0. The molecule has 2 aliphatic heterocycles. The molecule has 1 aromatic rings. The minimum Gasteiger partial charge on any atom is -0.399 e. The van der Waals surface area contributed by atoms with Gasteiger partial charge in [-0.25, -0.2) is 0 Å². The van der Waals surface area contributed by atoms with Crippen molar-refractivity contribution in [3.05, 3.63) is 29.8 Å². The van der Waals surface area contributed by atoms with Crippen LogP contribution in [0.1, 0.15) is 24.8 Å². The van der Waals surface area contributed by atoms with E-state index in [1.807, 2.05) is 12.1 Å². The van der Waals surface area contributed by atoms with Gasteiger partial charge in [-0.05, 0) is 37.0 Å². The maximum atomic E-state index is 5.82. The Morgan fingerprint density at radius 1 is 1.24 bits per heavy atom. The Morgan fingerprint density at radius 2 is 2.12 bits per heavy atom. The number of likely N-dealkylation sites (tertiary alicyclic amines) is 1. The van der Waals surface area contributed by atoms with E-state index in [4.69, 9.17) is 5.73 Å². The Balaban J connectivity index is 1.65. The monoisotopic (exact) mass is 231 g/mol. The van der Waals surface area contributed by atoms with Crippen LogP contribution < -0.4 is 11.1 Å². The first-order valence-electron chi connectivity index (χ1n) is 6.62. The number of nitrogen functional groups attached to an aromatic ring is 1. The summed E-state index contributed by atoms with van der Waals surface area (Å²) < 4.78 is 0. The summed E-state index contributed by atoms with van der Waals surface area (Å²) in [4.78, 5) is 2.56. The lowest BCUT2D eigenvalue weighted by atomic mass is 10.1. The number of hydrogen-bond donors (Lipinski definition) is 2. The van der Waals surface area contributed by atoms with Crippen LogP contribution in [-0.4, -0.2) is 30.1 Å². The van der Waals surface area contributed by atoms with Crippen LogP contribution in [0, 0.1) is 0 Å². The van der Waals surface area contributed by atoms with E-state index in [9.17, 15) is 0 Å². The van der Waals surface area contributed by atoms with Crippen LogP contribution in [0.25, 0.3) is 0 Å². The number of rotatable bonds is 2. The second-order valence-corrected chi connectivity index (χ2v) is 5.41. The Morgan fingerprint density at radius 3 is 3.00 bits per heavy atom. The van der Waals surface area contributed by atoms with Gasteiger partial charge in [-0.2, -0.15) is 0 Å². The quantitative estimate of drug-likeness (QED) is 0.760. The van der Waals surface area contributed by atoms with E-state index < -0.39 is 0 Å². The lowest BCUT2D eigenvalue weighted by Gasteiger charge is -2.24. The van der Waals surface area contributed by atoms with E-state index in [1.54, 1.807) is 0 Å². The lowest BCUT2D eigenvalue weighted by molar-refractivity contribution is 0.251. The average molecular weight is 231 g/mol. The topological polar surface area (TPSA) is 41.3 Å². The molecular formula is C14H21N3. The number of hydrogen-bond acceptors (Lipinski definition) is 3. The molecule has 0 aliphatic carbocycles. The van der Waals surface area contributed by atoms with Crippen molar-refractivity contribution in [3.63, 3.8) is 0 Å². The largest absolute Gasteiger partial charge is 0.399 e. The molecule has 2 unspecified atom stereocenters. The van der Waals surface area contributed by atoms with Crippen molar-refractivity contribution >= 4 is 5.69 Å². The standard InChI is InChI=1S/C14H21N3/c15-12-3-1-2-11(8-12)9-17-7-6-13-4-5-14(10-17)16-13/h1-3,8,13-14,16H,4-7,9-10,15H2. The Bertz CT molecular complexity index is 391. The van der Waals surface area contributed by atoms with E-state index in [-0.39, 0.29) is 0 Å². The number of nitrogens with zero attached hydrogens (tertiary/aromatic N) is 1. The first kappa shape index (κ1) is 11.1. The highest BCUT2D eigenvalue weighted by Crippen LogP contribution is 2.21. The van der Waals surface area contributed by atoms with Crippen molar-refractivity contribution in [2.24, 2.45) is 0 Å². The smallest absolute Gasteiger partial charge is 0.0317 e. The summed E-state index contributed by atoms with van der Waals surface area (Å²) in [7, 11) is 0. The molecule has 0 aromatic heterocycles. The summed E-state index contributed by atoms with van der Waals surface area (Å²) in [5, 5.41) is 3.71. The highest BCUT2D eigenvalue weighted by atomic mass is 15.2. The zero-order valence-corrected chi connectivity index (χ0v) is 10.2. The molecule has 0 amide bonds. The zero-order chi connectivity index (χ0) is 11.7. The Kier molecular flexibility index (Phi) is 3.04. The fourth-order valence-electron chi connectivity index (χ4n) is 3.11. The molecule has 2 aliphatic rings. The molecule has 1 aromatic carbocycles. The van der Waals surface area contributed by atoms with Gasteiger partial charge in [0, 0.05) is 37.4 Å². The SMILES string of the molecule is Nc1cccc(CN2CCC3CCC(C2)N3)c1. The third kappa shape index (κ3) is 2.61. The highest BCUT2D eigenvalue weighted by Gasteiger charge is 2.28. The van der Waals surface area contributed by atoms with Crippen LogP contribution in [0.4, 0.5) is 5.69 Å². The van der Waals surface area contributed by atoms with E-state index >= 15 is 0 Å². The average Bonchev–Trinajstić information content (AvgIpc) is 2.63. The van der Waals surface area contributed by atoms with Gasteiger partial charge in [0.05, 0.1) is 0 Å². The molecule has 2 bridgehead atoms. The molecule has 3 nitrogen and oxygen atoms in total. The third-order valence-electron chi connectivity index (χ3n) is 3.96. The van der Waals surface area contributed by atoms with Gasteiger partial charge in [0.1, 0.15) is 0 Å². The number of nitrogens with one attached hydrogen (secondary N) is 1. The normalized spacial score (nSPS) is 29.2. The maximum Gasteiger partial charge on any atom is 0.0317 e. The van der Waals surface area contributed by atoms with E-state index in [1.165, 1.54) is 37.9 Å². The Labute approximate surface area is 103 Å². The van der Waals surface area contributed by atoms with E-state index in [2.05, 4.69) is 22.3 Å². The second-order valence-electron chi connectivity index (χ2n) is 5.41. The number of nitrogens with two attached hydrogens (primary N) is 1. The molecule has 2 atom stereocenters. The summed E-state index contributed by atoms with van der Waals surface area (Å²) in [6, 6.07) is 9.75. The molecule has 3 rings (SSSR count). The fraction of sp³-hybridized carbons (Fsp3) is 0.571. The number of anilines is 1. The molecule has 2 saturated heterocycles. The van der Waals surface area contributed by atoms with Crippen molar-refractivity contribution in [2.75, 3.05) is 18.8 Å². The van der Waals surface area contributed by atoms with E-state index in [0.717, 1.165) is 18.3 Å². The van der Waals surface area contributed by atoms with Gasteiger partial charge in [-0.1, -0.05) is 12.1 Å². The first-order valence-corrected chi connectivity index (χ1v) is 6.62. The molecule has 92 valence electrons. The molecule has 2 fully saturated rings. The highest BCUT2D eigenvalue weighted by molar-refractivity contribution is 5.40. The van der Waals surface area contributed by atoms with Gasteiger partial charge in [0.25, 0.3) is 0 Å². The van der Waals surface area contributed by atoms with Crippen LogP contribution in [0.3, 0.4) is 0 Å². The van der Waals surface area contributed by atoms with Crippen molar-refractivity contribution < 1.29 is 0 Å². The van der Waals surface area contributed by atoms with E-state index in [0.29, 0.717) is 6.04 Å². The lowest BCUT2D eigenvalue weighted by Crippen LogP contribution is -2.34. The summed E-state index contributed by atoms with van der Waals surface area (Å²) in [6.07, 6.45) is 4.01. The Hall–Kier alpha value is -1.06. The summed E-state index contributed by atoms with van der Waals surface area (Å²) in [6.45, 7) is 3.43. The van der Waals surface area contributed by atoms with Crippen LogP contribution in [-0.2, 0) is 6.54 Å². The van der Waals surface area contributed by atoms with Crippen molar-refractivity contribution in [2.45, 2.75) is 37.9 Å². The minimum atomic E-state index is 0.712. The third-order valence-corrected chi connectivity index (χ3v) is 3.96. The zero-order valence-electron chi connectivity index (χ0n) is 10.2. The molecule has 0 saturated carbocycles. The van der Waals surface area contributed by atoms with Crippen LogP contribution >= 0.6 is 0 Å². The molecule has 0 spiro atoms.